The van der Waals surface area contributed by atoms with Crippen LogP contribution in [-0.4, -0.2) is 30.8 Å². The van der Waals surface area contributed by atoms with Gasteiger partial charge in [-0.15, -0.1) is 0 Å². The highest BCUT2D eigenvalue weighted by atomic mass is 32.2. The molecule has 0 aliphatic carbocycles. The molecule has 6 heteroatoms. The van der Waals surface area contributed by atoms with E-state index in [2.05, 4.69) is 0 Å². The number of benzene rings is 1. The lowest BCUT2D eigenvalue weighted by Gasteiger charge is -2.36. The van der Waals surface area contributed by atoms with Crippen LogP contribution in [0.3, 0.4) is 0 Å². The van der Waals surface area contributed by atoms with Crippen LogP contribution in [0.1, 0.15) is 31.2 Å². The zero-order valence-corrected chi connectivity index (χ0v) is 12.2. The van der Waals surface area contributed by atoms with Crippen LogP contribution in [0.5, 0.6) is 0 Å². The number of sulfonamides is 1. The number of aryl methyl sites for hydroxylation is 1. The molecule has 0 aromatic heterocycles. The highest BCUT2D eigenvalue weighted by molar-refractivity contribution is 7.89. The molecule has 2 bridgehead atoms. The molecule has 4 nitrogen and oxygen atoms in total. The Hall–Kier alpha value is -0.980. The van der Waals surface area contributed by atoms with E-state index in [9.17, 15) is 12.8 Å². The Labute approximate surface area is 118 Å². The Balaban J connectivity index is 1.98. The maximum atomic E-state index is 13.6. The molecule has 3 rings (SSSR count). The van der Waals surface area contributed by atoms with Crippen LogP contribution >= 0.6 is 0 Å². The molecule has 2 saturated heterocycles. The van der Waals surface area contributed by atoms with Gasteiger partial charge >= 0.3 is 0 Å². The highest BCUT2D eigenvalue weighted by Crippen LogP contribution is 2.39. The third kappa shape index (κ3) is 2.16. The van der Waals surface area contributed by atoms with Gasteiger partial charge in [-0.1, -0.05) is 6.07 Å². The maximum Gasteiger partial charge on any atom is 0.243 e. The summed E-state index contributed by atoms with van der Waals surface area (Å²) >= 11 is 0. The molecule has 0 saturated carbocycles. The average Bonchev–Trinajstić information content (AvgIpc) is 2.66. The molecule has 2 fully saturated rings. The second kappa shape index (κ2) is 4.79. The molecule has 0 radical (unpaired) electrons. The molecule has 2 N–H and O–H groups in total. The monoisotopic (exact) mass is 298 g/mol. The van der Waals surface area contributed by atoms with Gasteiger partial charge in [0.25, 0.3) is 0 Å². The molecule has 110 valence electrons. The molecule has 2 unspecified atom stereocenters. The number of fused-ring (bicyclic) bond motifs is 2. The predicted molar refractivity (Wildman–Crippen MR) is 74.2 cm³/mol. The molecule has 1 aromatic carbocycles. The lowest BCUT2D eigenvalue weighted by atomic mass is 10.0. The largest absolute Gasteiger partial charge is 0.328 e. The molecule has 2 atom stereocenters. The molecule has 2 heterocycles. The third-order valence-electron chi connectivity index (χ3n) is 4.42. The van der Waals surface area contributed by atoms with E-state index in [1.54, 1.807) is 11.2 Å². The van der Waals surface area contributed by atoms with Gasteiger partial charge in [0.05, 0.1) is 4.90 Å². The van der Waals surface area contributed by atoms with Crippen LogP contribution in [0.15, 0.2) is 23.1 Å². The first kappa shape index (κ1) is 14.0. The molecular weight excluding hydrogens is 279 g/mol. The first-order valence-corrected chi connectivity index (χ1v) is 8.39. The van der Waals surface area contributed by atoms with Gasteiger partial charge < -0.3 is 5.73 Å². The number of hydrogen-bond donors (Lipinski definition) is 1. The van der Waals surface area contributed by atoms with Crippen LogP contribution in [0.25, 0.3) is 0 Å². The Morgan fingerprint density at radius 2 is 1.85 bits per heavy atom. The molecule has 0 spiro atoms. The molecule has 2 aliphatic heterocycles. The van der Waals surface area contributed by atoms with E-state index < -0.39 is 15.8 Å². The summed E-state index contributed by atoms with van der Waals surface area (Å²) in [6.45, 7) is 1.62. The first-order valence-electron chi connectivity index (χ1n) is 6.95. The number of piperidine rings is 1. The summed E-state index contributed by atoms with van der Waals surface area (Å²) in [6.07, 6.45) is 3.10. The van der Waals surface area contributed by atoms with E-state index in [0.29, 0.717) is 18.4 Å². The van der Waals surface area contributed by atoms with Crippen molar-refractivity contribution in [3.63, 3.8) is 0 Å². The smallest absolute Gasteiger partial charge is 0.243 e. The Morgan fingerprint density at radius 1 is 1.25 bits per heavy atom. The molecular formula is C14H19FN2O2S. The fraction of sp³-hybridized carbons (Fsp3) is 0.571. The topological polar surface area (TPSA) is 63.4 Å². The lowest BCUT2D eigenvalue weighted by Crippen LogP contribution is -2.49. The number of nitrogens with two attached hydrogens (primary N) is 1. The summed E-state index contributed by atoms with van der Waals surface area (Å²) in [4.78, 5) is 0.0490. The summed E-state index contributed by atoms with van der Waals surface area (Å²) in [5, 5.41) is 0. The van der Waals surface area contributed by atoms with E-state index in [1.807, 2.05) is 0 Å². The Kier molecular flexibility index (Phi) is 3.35. The van der Waals surface area contributed by atoms with E-state index in [4.69, 9.17) is 5.73 Å². The maximum absolute atomic E-state index is 13.6. The van der Waals surface area contributed by atoms with Gasteiger partial charge in [0, 0.05) is 18.1 Å². The molecule has 2 aliphatic rings. The second-order valence-electron chi connectivity index (χ2n) is 5.86. The summed E-state index contributed by atoms with van der Waals surface area (Å²) in [7, 11) is -3.62. The van der Waals surface area contributed by atoms with Crippen molar-refractivity contribution in [1.82, 2.24) is 4.31 Å². The number of hydrogen-bond acceptors (Lipinski definition) is 3. The van der Waals surface area contributed by atoms with Crippen molar-refractivity contribution in [1.29, 1.82) is 0 Å². The Bertz CT molecular complexity index is 618. The minimum atomic E-state index is -3.62. The number of rotatable bonds is 2. The summed E-state index contributed by atoms with van der Waals surface area (Å²) in [6, 6.07) is 4.14. The minimum Gasteiger partial charge on any atom is -0.328 e. The lowest BCUT2D eigenvalue weighted by molar-refractivity contribution is 0.227. The van der Waals surface area contributed by atoms with Gasteiger partial charge in [-0.3, -0.25) is 0 Å². The molecule has 0 amide bonds. The van der Waals surface area contributed by atoms with Gasteiger partial charge in [-0.2, -0.15) is 4.31 Å². The van der Waals surface area contributed by atoms with Gasteiger partial charge in [0.1, 0.15) is 5.82 Å². The normalized spacial score (nSPS) is 30.6. The second-order valence-corrected chi connectivity index (χ2v) is 7.71. The minimum absolute atomic E-state index is 0.0295. The zero-order chi connectivity index (χ0) is 14.5. The van der Waals surface area contributed by atoms with Crippen molar-refractivity contribution in [3.05, 3.63) is 29.6 Å². The van der Waals surface area contributed by atoms with Gasteiger partial charge in [-0.05, 0) is 50.3 Å². The van der Waals surface area contributed by atoms with Gasteiger partial charge in [-0.25, -0.2) is 12.8 Å². The zero-order valence-electron chi connectivity index (χ0n) is 11.4. The van der Waals surface area contributed by atoms with Crippen molar-refractivity contribution in [3.8, 4) is 0 Å². The van der Waals surface area contributed by atoms with Gasteiger partial charge in [0.15, 0.2) is 0 Å². The van der Waals surface area contributed by atoms with Crippen molar-refractivity contribution < 1.29 is 12.8 Å². The van der Waals surface area contributed by atoms with E-state index in [1.165, 1.54) is 12.1 Å². The third-order valence-corrected chi connectivity index (χ3v) is 6.42. The fourth-order valence-corrected chi connectivity index (χ4v) is 5.33. The van der Waals surface area contributed by atoms with Gasteiger partial charge in [0.2, 0.25) is 10.0 Å². The summed E-state index contributed by atoms with van der Waals surface area (Å²) in [5.41, 5.74) is 6.41. The molecule has 1 aromatic rings. The van der Waals surface area contributed by atoms with E-state index >= 15 is 0 Å². The fourth-order valence-electron chi connectivity index (χ4n) is 3.42. The quantitative estimate of drug-likeness (QED) is 0.905. The SMILES string of the molecule is Cc1ccc(S(=O)(=O)N2C3CCC2CC(N)C3)cc1F. The standard InChI is InChI=1S/C14H19FN2O2S/c1-9-2-5-13(8-14(9)15)20(18,19)17-11-3-4-12(17)7-10(16)6-11/h2,5,8,10-12H,3-4,6-7,16H2,1H3. The van der Waals surface area contributed by atoms with Crippen LogP contribution in [0.4, 0.5) is 4.39 Å². The van der Waals surface area contributed by atoms with Crippen molar-refractivity contribution >= 4 is 10.0 Å². The van der Waals surface area contributed by atoms with Crippen LogP contribution in [0, 0.1) is 12.7 Å². The van der Waals surface area contributed by atoms with Crippen LogP contribution in [-0.2, 0) is 10.0 Å². The summed E-state index contributed by atoms with van der Waals surface area (Å²) < 4.78 is 40.7. The number of halogens is 1. The summed E-state index contributed by atoms with van der Waals surface area (Å²) in [5.74, 6) is -0.480. The predicted octanol–water partition coefficient (Wildman–Crippen LogP) is 1.78. The Morgan fingerprint density at radius 3 is 2.40 bits per heavy atom. The van der Waals surface area contributed by atoms with Crippen molar-refractivity contribution in [2.24, 2.45) is 5.73 Å². The van der Waals surface area contributed by atoms with Crippen LogP contribution in [0.2, 0.25) is 0 Å². The molecule has 20 heavy (non-hydrogen) atoms. The van der Waals surface area contributed by atoms with E-state index in [-0.39, 0.29) is 23.0 Å². The number of nitrogens with zero attached hydrogens (tertiary/aromatic N) is 1. The van der Waals surface area contributed by atoms with Crippen LogP contribution < -0.4 is 5.73 Å². The van der Waals surface area contributed by atoms with Crippen molar-refractivity contribution in [2.45, 2.75) is 55.6 Å². The first-order chi connectivity index (χ1) is 9.39. The van der Waals surface area contributed by atoms with Crippen molar-refractivity contribution in [2.75, 3.05) is 0 Å². The average molecular weight is 298 g/mol. The highest BCUT2D eigenvalue weighted by Gasteiger charge is 2.46. The van der Waals surface area contributed by atoms with E-state index in [0.717, 1.165) is 18.9 Å².